The Morgan fingerprint density at radius 1 is 1.14 bits per heavy atom. The number of halogens is 1. The number of carbonyl (C=O) groups is 1. The molecule has 0 radical (unpaired) electrons. The number of fused-ring (bicyclic) bond motifs is 2. The van der Waals surface area contributed by atoms with Gasteiger partial charge in [0.15, 0.2) is 5.43 Å². The first-order chi connectivity index (χ1) is 17.2. The van der Waals surface area contributed by atoms with Crippen LogP contribution in [0.5, 0.6) is 0 Å². The zero-order valence-electron chi connectivity index (χ0n) is 20.3. The topological polar surface area (TPSA) is 86.4 Å². The van der Waals surface area contributed by atoms with E-state index in [1.165, 1.54) is 13.2 Å². The third-order valence-electron chi connectivity index (χ3n) is 6.26. The first kappa shape index (κ1) is 23.6. The van der Waals surface area contributed by atoms with Crippen LogP contribution in [0.3, 0.4) is 0 Å². The summed E-state index contributed by atoms with van der Waals surface area (Å²) < 4.78 is 13.1. The normalized spacial score (nSPS) is 12.1. The molecule has 3 aromatic carbocycles. The van der Waals surface area contributed by atoms with Gasteiger partial charge in [-0.15, -0.1) is 0 Å². The molecule has 182 valence electrons. The van der Waals surface area contributed by atoms with Crippen LogP contribution in [0.15, 0.2) is 70.0 Å². The maximum Gasteiger partial charge on any atom is 0.340 e. The highest BCUT2D eigenvalue weighted by Crippen LogP contribution is 2.32. The van der Waals surface area contributed by atoms with Crippen LogP contribution in [0.4, 0.5) is 5.69 Å². The lowest BCUT2D eigenvalue weighted by Gasteiger charge is -2.20. The van der Waals surface area contributed by atoms with E-state index in [0.29, 0.717) is 33.0 Å². The molecule has 2 aromatic heterocycles. The lowest BCUT2D eigenvalue weighted by atomic mass is 10.00. The molecule has 0 aliphatic heterocycles. The van der Waals surface area contributed by atoms with Gasteiger partial charge in [0.1, 0.15) is 11.3 Å². The molecule has 5 aromatic rings. The van der Waals surface area contributed by atoms with Gasteiger partial charge in [-0.3, -0.25) is 9.48 Å². The van der Waals surface area contributed by atoms with Gasteiger partial charge in [-0.2, -0.15) is 5.10 Å². The Balaban J connectivity index is 1.63. The van der Waals surface area contributed by atoms with Crippen molar-refractivity contribution in [1.29, 1.82) is 0 Å². The van der Waals surface area contributed by atoms with Crippen LogP contribution >= 0.6 is 11.6 Å². The largest absolute Gasteiger partial charge is 0.465 e. The Labute approximate surface area is 212 Å². The second-order valence-corrected chi connectivity index (χ2v) is 9.23. The van der Waals surface area contributed by atoms with Crippen LogP contribution in [-0.4, -0.2) is 22.9 Å². The third kappa shape index (κ3) is 4.22. The number of rotatable bonds is 5. The number of nitrogens with one attached hydrogen (secondary N) is 1. The molecule has 0 saturated carbocycles. The number of hydrogen-bond acceptors (Lipinski definition) is 6. The molecular weight excluding hydrogens is 478 g/mol. The number of aryl methyl sites for hydroxylation is 2. The van der Waals surface area contributed by atoms with Gasteiger partial charge in [-0.1, -0.05) is 29.8 Å². The molecule has 0 aliphatic rings. The zero-order valence-corrected chi connectivity index (χ0v) is 21.0. The maximum absolute atomic E-state index is 13.2. The summed E-state index contributed by atoms with van der Waals surface area (Å²) in [7, 11) is 3.19. The first-order valence-corrected chi connectivity index (χ1v) is 11.8. The Bertz CT molecular complexity index is 1700. The average Bonchev–Trinajstić information content (AvgIpc) is 3.24. The minimum absolute atomic E-state index is 0.129. The molecule has 0 saturated heterocycles. The molecule has 2 heterocycles. The molecule has 5 rings (SSSR count). The van der Waals surface area contributed by atoms with Crippen molar-refractivity contribution in [3.8, 4) is 11.3 Å². The zero-order chi connectivity index (χ0) is 25.6. The van der Waals surface area contributed by atoms with E-state index in [1.807, 2.05) is 51.2 Å². The molecule has 0 aliphatic carbocycles. The summed E-state index contributed by atoms with van der Waals surface area (Å²) >= 11 is 6.11. The fraction of sp³-hybridized carbons (Fsp3) is 0.179. The quantitative estimate of drug-likeness (QED) is 0.286. The first-order valence-electron chi connectivity index (χ1n) is 11.4. The number of benzene rings is 3. The second-order valence-electron chi connectivity index (χ2n) is 8.80. The van der Waals surface area contributed by atoms with Crippen molar-refractivity contribution in [2.45, 2.75) is 19.9 Å². The molecule has 1 N–H and O–H groups in total. The van der Waals surface area contributed by atoms with Gasteiger partial charge in [0.25, 0.3) is 0 Å². The molecule has 8 heteroatoms. The Hall–Kier alpha value is -4.10. The number of esters is 1. The molecule has 1 atom stereocenters. The number of methoxy groups -OCH3 is 1. The summed E-state index contributed by atoms with van der Waals surface area (Å²) in [4.78, 5) is 25.5. The van der Waals surface area contributed by atoms with E-state index in [-0.39, 0.29) is 11.5 Å². The van der Waals surface area contributed by atoms with E-state index < -0.39 is 5.97 Å². The summed E-state index contributed by atoms with van der Waals surface area (Å²) in [5.41, 5.74) is 4.67. The lowest BCUT2D eigenvalue weighted by Crippen LogP contribution is -2.13. The number of nitrogens with zero attached hydrogens (tertiary/aromatic N) is 2. The van der Waals surface area contributed by atoms with Gasteiger partial charge in [-0.05, 0) is 49.7 Å². The highest BCUT2D eigenvalue weighted by Gasteiger charge is 2.19. The van der Waals surface area contributed by atoms with Crippen molar-refractivity contribution in [2.75, 3.05) is 12.4 Å². The number of carbonyl (C=O) groups excluding carboxylic acids is 1. The highest BCUT2D eigenvalue weighted by atomic mass is 35.5. The van der Waals surface area contributed by atoms with E-state index in [0.717, 1.165) is 27.6 Å². The van der Waals surface area contributed by atoms with Crippen LogP contribution in [0.1, 0.15) is 34.5 Å². The lowest BCUT2D eigenvalue weighted by molar-refractivity contribution is 0.0602. The van der Waals surface area contributed by atoms with Crippen LogP contribution in [0.25, 0.3) is 33.2 Å². The van der Waals surface area contributed by atoms with Crippen LogP contribution in [0, 0.1) is 6.92 Å². The van der Waals surface area contributed by atoms with Gasteiger partial charge in [0.05, 0.1) is 35.8 Å². The van der Waals surface area contributed by atoms with Crippen LogP contribution in [0.2, 0.25) is 5.02 Å². The second kappa shape index (κ2) is 9.17. The van der Waals surface area contributed by atoms with E-state index >= 15 is 0 Å². The maximum atomic E-state index is 13.2. The predicted molar refractivity (Wildman–Crippen MR) is 142 cm³/mol. The van der Waals surface area contributed by atoms with Crippen molar-refractivity contribution >= 4 is 45.1 Å². The summed E-state index contributed by atoms with van der Waals surface area (Å²) in [6, 6.07) is 15.8. The summed E-state index contributed by atoms with van der Waals surface area (Å²) in [6.45, 7) is 3.87. The Morgan fingerprint density at radius 2 is 1.94 bits per heavy atom. The van der Waals surface area contributed by atoms with Crippen molar-refractivity contribution in [1.82, 2.24) is 9.78 Å². The molecular formula is C28H24ClN3O4. The summed E-state index contributed by atoms with van der Waals surface area (Å²) in [6.07, 6.45) is 1.79. The average molecular weight is 502 g/mol. The number of aromatic nitrogens is 2. The van der Waals surface area contributed by atoms with E-state index in [1.54, 1.807) is 29.1 Å². The van der Waals surface area contributed by atoms with Crippen molar-refractivity contribution in [3.05, 3.63) is 92.7 Å². The predicted octanol–water partition coefficient (Wildman–Crippen LogP) is 6.27. The molecule has 0 spiro atoms. The molecule has 0 bridgehead atoms. The fourth-order valence-corrected chi connectivity index (χ4v) is 4.60. The minimum atomic E-state index is -0.499. The molecule has 0 amide bonds. The number of ether oxygens (including phenoxy) is 1. The molecule has 36 heavy (non-hydrogen) atoms. The number of anilines is 1. The van der Waals surface area contributed by atoms with E-state index in [2.05, 4.69) is 10.4 Å². The van der Waals surface area contributed by atoms with Gasteiger partial charge in [-0.25, -0.2) is 4.79 Å². The number of hydrogen-bond donors (Lipinski definition) is 1. The van der Waals surface area contributed by atoms with Crippen molar-refractivity contribution < 1.29 is 13.9 Å². The summed E-state index contributed by atoms with van der Waals surface area (Å²) in [5.74, 6) is -0.0321. The van der Waals surface area contributed by atoms with Crippen molar-refractivity contribution in [2.24, 2.45) is 7.05 Å². The smallest absolute Gasteiger partial charge is 0.340 e. The van der Waals surface area contributed by atoms with E-state index in [4.69, 9.17) is 20.8 Å². The van der Waals surface area contributed by atoms with Crippen LogP contribution < -0.4 is 10.7 Å². The van der Waals surface area contributed by atoms with Gasteiger partial charge in [0.2, 0.25) is 0 Å². The molecule has 0 fully saturated rings. The Morgan fingerprint density at radius 3 is 2.72 bits per heavy atom. The van der Waals surface area contributed by atoms with Gasteiger partial charge >= 0.3 is 5.97 Å². The van der Waals surface area contributed by atoms with Gasteiger partial charge in [0, 0.05) is 40.3 Å². The SMILES string of the molecule is COC(=O)c1cc(Cl)ccc1N[C@H](C)c1cc(C)cc2c(=O)cc(-c3ccc4cnn(C)c4c3)oc12. The monoisotopic (exact) mass is 501 g/mol. The fourth-order valence-electron chi connectivity index (χ4n) is 4.43. The molecule has 0 unspecified atom stereocenters. The van der Waals surface area contributed by atoms with Crippen molar-refractivity contribution in [3.63, 3.8) is 0 Å². The molecule has 7 nitrogen and oxygen atoms in total. The Kier molecular flexibility index (Phi) is 6.02. The van der Waals surface area contributed by atoms with Gasteiger partial charge < -0.3 is 14.5 Å². The standard InChI is InChI=1S/C28H24ClN3O4/c1-15-9-20(16(2)31-23-8-7-19(29)12-21(23)28(34)35-4)27-22(10-15)25(33)13-26(36-27)17-5-6-18-14-30-32(3)24(18)11-17/h5-14,16,31H,1-4H3/t16-/m1/s1. The highest BCUT2D eigenvalue weighted by molar-refractivity contribution is 6.31. The van der Waals surface area contributed by atoms with Crippen LogP contribution in [-0.2, 0) is 11.8 Å². The minimum Gasteiger partial charge on any atom is -0.465 e. The van der Waals surface area contributed by atoms with E-state index in [9.17, 15) is 9.59 Å². The third-order valence-corrected chi connectivity index (χ3v) is 6.50. The summed E-state index contributed by atoms with van der Waals surface area (Å²) in [5, 5.41) is 9.58.